The van der Waals surface area contributed by atoms with Crippen LogP contribution in [0.2, 0.25) is 0 Å². The summed E-state index contributed by atoms with van der Waals surface area (Å²) in [6.45, 7) is 1.95. The Kier molecular flexibility index (Phi) is 5.70. The van der Waals surface area contributed by atoms with E-state index in [4.69, 9.17) is 9.90 Å². The lowest BCUT2D eigenvalue weighted by Crippen LogP contribution is -2.59. The van der Waals surface area contributed by atoms with E-state index in [-0.39, 0.29) is 0 Å². The Labute approximate surface area is 171 Å². The maximum atomic E-state index is 10.6. The topological polar surface area (TPSA) is 107 Å². The fourth-order valence-corrected chi connectivity index (χ4v) is 3.56. The van der Waals surface area contributed by atoms with Gasteiger partial charge in [-0.05, 0) is 17.7 Å². The summed E-state index contributed by atoms with van der Waals surface area (Å²) >= 11 is 3.48. The number of benzene rings is 1. The van der Waals surface area contributed by atoms with Crippen molar-refractivity contribution in [3.63, 3.8) is 0 Å². The molecule has 3 heterocycles. The summed E-state index contributed by atoms with van der Waals surface area (Å²) in [5.41, 5.74) is 1.47. The van der Waals surface area contributed by atoms with Gasteiger partial charge in [0, 0.05) is 48.3 Å². The number of β-amino-alcohol motifs (C(OH)–C–C–N with tert-alkyl or cyclic N) is 1. The van der Waals surface area contributed by atoms with Crippen LogP contribution in [0.3, 0.4) is 0 Å². The van der Waals surface area contributed by atoms with Gasteiger partial charge in [0.15, 0.2) is 5.82 Å². The average Bonchev–Trinajstić information content (AvgIpc) is 3.19. The van der Waals surface area contributed by atoms with Gasteiger partial charge >= 0.3 is 12.1 Å². The molecular weight excluding hydrogens is 459 g/mol. The van der Waals surface area contributed by atoms with Crippen LogP contribution >= 0.6 is 15.9 Å². The van der Waals surface area contributed by atoms with E-state index in [2.05, 4.69) is 48.0 Å². The fourth-order valence-electron chi connectivity index (χ4n) is 3.19. The van der Waals surface area contributed by atoms with E-state index in [1.54, 1.807) is 11.7 Å². The highest BCUT2D eigenvalue weighted by Crippen LogP contribution is 2.32. The number of aliphatic carboxylic acids is 1. The Morgan fingerprint density at radius 3 is 2.59 bits per heavy atom. The van der Waals surface area contributed by atoms with Crippen LogP contribution in [0.1, 0.15) is 11.4 Å². The van der Waals surface area contributed by atoms with Crippen molar-refractivity contribution >= 4 is 32.8 Å². The molecule has 29 heavy (non-hydrogen) atoms. The maximum Gasteiger partial charge on any atom is 0.490 e. The van der Waals surface area contributed by atoms with Crippen LogP contribution in [0, 0.1) is 0 Å². The number of nitrogens with one attached hydrogen (secondary N) is 1. The molecule has 0 radical (unpaired) electrons. The van der Waals surface area contributed by atoms with Gasteiger partial charge in [-0.15, -0.1) is 0 Å². The number of hydrogen-bond acceptors (Lipinski definition) is 5. The highest BCUT2D eigenvalue weighted by atomic mass is 79.9. The third-order valence-electron chi connectivity index (χ3n) is 4.46. The number of carboxylic acids is 1. The number of aliphatic hydroxyl groups is 1. The highest BCUT2D eigenvalue weighted by Gasteiger charge is 2.45. The summed E-state index contributed by atoms with van der Waals surface area (Å²) < 4.78 is 34.4. The highest BCUT2D eigenvalue weighted by molar-refractivity contribution is 9.10. The first-order chi connectivity index (χ1) is 13.5. The Bertz CT molecular complexity index is 1030. The predicted molar refractivity (Wildman–Crippen MR) is 99.9 cm³/mol. The molecule has 0 atom stereocenters. The molecule has 1 aliphatic rings. The van der Waals surface area contributed by atoms with Crippen molar-refractivity contribution in [2.75, 3.05) is 13.1 Å². The van der Waals surface area contributed by atoms with Gasteiger partial charge in [-0.25, -0.2) is 9.78 Å². The summed E-state index contributed by atoms with van der Waals surface area (Å²) in [6, 6.07) is 6.23. The molecule has 3 aromatic rings. The minimum absolute atomic E-state index is 0.572. The molecule has 2 aromatic heterocycles. The molecule has 0 spiro atoms. The monoisotopic (exact) mass is 475 g/mol. The normalized spacial score (nSPS) is 16.2. The number of alkyl halides is 3. The van der Waals surface area contributed by atoms with Crippen LogP contribution in [0.5, 0.6) is 0 Å². The van der Waals surface area contributed by atoms with Crippen molar-refractivity contribution in [2.24, 2.45) is 7.05 Å². The number of halogens is 4. The second-order valence-corrected chi connectivity index (χ2v) is 7.61. The second kappa shape index (κ2) is 7.76. The molecule has 12 heteroatoms. The number of fused-ring (bicyclic) bond motifs is 1. The smallest absolute Gasteiger partial charge is 0.475 e. The molecule has 3 N–H and O–H groups in total. The lowest BCUT2D eigenvalue weighted by Gasteiger charge is -2.45. The molecule has 4 rings (SSSR count). The standard InChI is InChI=1S/C15H16BrN5O.C2HF3O2/c1-20-14(18-9-19-20)15(22)7-21(8-15)6-10-5-17-13-4-11(16)2-3-12(10)13;3-2(4,5)1(6)7/h2-5,9,17,22H,6-8H2,1H3;(H,6,7). The number of likely N-dealkylation sites (tertiary alicyclic amines) is 1. The minimum Gasteiger partial charge on any atom is -0.475 e. The SMILES string of the molecule is Cn1ncnc1C1(O)CN(Cc2c[nH]c3cc(Br)ccc23)C1.O=C(O)C(F)(F)F. The maximum absolute atomic E-state index is 10.6. The zero-order chi connectivity index (χ0) is 21.4. The molecule has 156 valence electrons. The molecule has 1 fully saturated rings. The third kappa shape index (κ3) is 4.60. The summed E-state index contributed by atoms with van der Waals surface area (Å²) in [4.78, 5) is 18.6. The number of hydrogen-bond donors (Lipinski definition) is 3. The summed E-state index contributed by atoms with van der Waals surface area (Å²) in [7, 11) is 1.81. The first kappa shape index (κ1) is 21.3. The average molecular weight is 476 g/mol. The molecule has 1 aromatic carbocycles. The Morgan fingerprint density at radius 1 is 1.38 bits per heavy atom. The van der Waals surface area contributed by atoms with Gasteiger partial charge in [-0.1, -0.05) is 22.0 Å². The number of aromatic nitrogens is 4. The van der Waals surface area contributed by atoms with Gasteiger partial charge in [0.25, 0.3) is 0 Å². The zero-order valence-corrected chi connectivity index (χ0v) is 16.7. The van der Waals surface area contributed by atoms with Crippen molar-refractivity contribution in [3.8, 4) is 0 Å². The summed E-state index contributed by atoms with van der Waals surface area (Å²) in [5, 5.41) is 23.0. The van der Waals surface area contributed by atoms with E-state index in [0.717, 1.165) is 16.5 Å². The zero-order valence-electron chi connectivity index (χ0n) is 15.1. The summed E-state index contributed by atoms with van der Waals surface area (Å²) in [5.74, 6) is -2.13. The van der Waals surface area contributed by atoms with Gasteiger partial charge in [0.05, 0.1) is 0 Å². The Hall–Kier alpha value is -2.44. The molecule has 8 nitrogen and oxygen atoms in total. The lowest BCUT2D eigenvalue weighted by molar-refractivity contribution is -0.192. The van der Waals surface area contributed by atoms with Gasteiger partial charge in [0.2, 0.25) is 0 Å². The molecule has 0 unspecified atom stereocenters. The quantitative estimate of drug-likeness (QED) is 0.536. The molecule has 0 aliphatic carbocycles. The molecule has 1 saturated heterocycles. The van der Waals surface area contributed by atoms with E-state index < -0.39 is 17.7 Å². The molecule has 0 bridgehead atoms. The van der Waals surface area contributed by atoms with E-state index in [1.807, 2.05) is 12.3 Å². The Morgan fingerprint density at radius 2 is 2.03 bits per heavy atom. The van der Waals surface area contributed by atoms with Crippen molar-refractivity contribution in [1.82, 2.24) is 24.6 Å². The first-order valence-corrected chi connectivity index (χ1v) is 9.14. The number of aryl methyl sites for hydroxylation is 1. The van der Waals surface area contributed by atoms with Crippen LogP contribution in [-0.2, 0) is 24.0 Å². The van der Waals surface area contributed by atoms with Gasteiger partial charge in [0.1, 0.15) is 11.9 Å². The van der Waals surface area contributed by atoms with Crippen LogP contribution in [-0.4, -0.2) is 60.1 Å². The van der Waals surface area contributed by atoms with Gasteiger partial charge in [-0.3, -0.25) is 9.58 Å². The van der Waals surface area contributed by atoms with Crippen molar-refractivity contribution < 1.29 is 28.2 Å². The number of aromatic amines is 1. The van der Waals surface area contributed by atoms with Crippen LogP contribution in [0.15, 0.2) is 35.2 Å². The van der Waals surface area contributed by atoms with Gasteiger partial charge < -0.3 is 15.2 Å². The fraction of sp³-hybridized carbons (Fsp3) is 0.353. The number of carboxylic acid groups (broad SMARTS) is 1. The molecule has 1 aliphatic heterocycles. The van der Waals surface area contributed by atoms with Crippen molar-refractivity contribution in [3.05, 3.63) is 46.6 Å². The number of carbonyl (C=O) groups is 1. The summed E-state index contributed by atoms with van der Waals surface area (Å²) in [6.07, 6.45) is -1.57. The van der Waals surface area contributed by atoms with E-state index in [9.17, 15) is 18.3 Å². The number of nitrogens with zero attached hydrogens (tertiary/aromatic N) is 4. The molecule has 0 amide bonds. The van der Waals surface area contributed by atoms with Crippen LogP contribution < -0.4 is 0 Å². The van der Waals surface area contributed by atoms with Crippen molar-refractivity contribution in [2.45, 2.75) is 18.3 Å². The van der Waals surface area contributed by atoms with E-state index in [0.29, 0.717) is 18.9 Å². The van der Waals surface area contributed by atoms with E-state index >= 15 is 0 Å². The molecular formula is C17H17BrF3N5O3. The number of rotatable bonds is 3. The van der Waals surface area contributed by atoms with Crippen LogP contribution in [0.25, 0.3) is 10.9 Å². The van der Waals surface area contributed by atoms with Crippen molar-refractivity contribution in [1.29, 1.82) is 0 Å². The largest absolute Gasteiger partial charge is 0.490 e. The number of H-pyrrole nitrogens is 1. The minimum atomic E-state index is -5.08. The first-order valence-electron chi connectivity index (χ1n) is 8.34. The lowest BCUT2D eigenvalue weighted by atomic mass is 9.92. The third-order valence-corrected chi connectivity index (χ3v) is 4.96. The van der Waals surface area contributed by atoms with Gasteiger partial charge in [-0.2, -0.15) is 18.3 Å². The van der Waals surface area contributed by atoms with Crippen LogP contribution in [0.4, 0.5) is 13.2 Å². The van der Waals surface area contributed by atoms with E-state index in [1.165, 1.54) is 17.3 Å². The Balaban J connectivity index is 0.000000298. The predicted octanol–water partition coefficient (Wildman–Crippen LogP) is 2.40. The second-order valence-electron chi connectivity index (χ2n) is 6.69. The molecule has 0 saturated carbocycles.